The van der Waals surface area contributed by atoms with E-state index in [1.54, 1.807) is 0 Å². The third-order valence-electron chi connectivity index (χ3n) is 13.4. The molecule has 1 aliphatic heterocycles. The summed E-state index contributed by atoms with van der Waals surface area (Å²) in [5.41, 5.74) is 19.3. The zero-order valence-electron chi connectivity index (χ0n) is 33.3. The van der Waals surface area contributed by atoms with Crippen LogP contribution in [0.25, 0.3) is 71.6 Å². The van der Waals surface area contributed by atoms with E-state index in [1.807, 2.05) is 0 Å². The predicted octanol–water partition coefficient (Wildman–Crippen LogP) is 15.4. The van der Waals surface area contributed by atoms with E-state index in [2.05, 4.69) is 240 Å². The Balaban J connectivity index is 1.07. The summed E-state index contributed by atoms with van der Waals surface area (Å²) in [5.74, 6) is 0. The summed E-state index contributed by atoms with van der Waals surface area (Å²) in [6.45, 7) is 0. The maximum absolute atomic E-state index is 2.52. The third-order valence-corrected chi connectivity index (χ3v) is 13.4. The van der Waals surface area contributed by atoms with E-state index in [4.69, 9.17) is 0 Å². The van der Waals surface area contributed by atoms with Crippen LogP contribution in [0, 0.1) is 0 Å². The Bertz CT molecular complexity index is 3530. The summed E-state index contributed by atoms with van der Waals surface area (Å²) in [6, 6.07) is 85.3. The fourth-order valence-electron chi connectivity index (χ4n) is 10.9. The monoisotopic (exact) mass is 774 g/mol. The maximum atomic E-state index is 2.52. The lowest BCUT2D eigenvalue weighted by molar-refractivity contribution is 0.748. The Labute approximate surface area is 354 Å². The molecule has 61 heavy (non-hydrogen) atoms. The quantitative estimate of drug-likeness (QED) is 0.169. The van der Waals surface area contributed by atoms with E-state index in [-0.39, 0.29) is 0 Å². The number of aromatic nitrogens is 1. The maximum Gasteiger partial charge on any atom is 0.0754 e. The van der Waals surface area contributed by atoms with Crippen LogP contribution in [-0.2, 0) is 5.41 Å². The van der Waals surface area contributed by atoms with Crippen molar-refractivity contribution in [2.45, 2.75) is 5.41 Å². The van der Waals surface area contributed by atoms with E-state index in [0.717, 1.165) is 17.1 Å². The highest BCUT2D eigenvalue weighted by molar-refractivity contribution is 6.13. The number of anilines is 3. The van der Waals surface area contributed by atoms with Gasteiger partial charge in [-0.2, -0.15) is 0 Å². The topological polar surface area (TPSA) is 8.17 Å². The van der Waals surface area contributed by atoms with Gasteiger partial charge in [-0.1, -0.05) is 194 Å². The second-order valence-electron chi connectivity index (χ2n) is 16.4. The van der Waals surface area contributed by atoms with Crippen LogP contribution in [-0.4, -0.2) is 4.57 Å². The van der Waals surface area contributed by atoms with Gasteiger partial charge in [0.25, 0.3) is 0 Å². The van der Waals surface area contributed by atoms with Crippen LogP contribution < -0.4 is 4.90 Å². The molecule has 1 spiro atoms. The molecule has 11 aromatic rings. The summed E-state index contributed by atoms with van der Waals surface area (Å²) in [5, 5.41) is 4.99. The molecule has 0 amide bonds. The lowest BCUT2D eigenvalue weighted by Gasteiger charge is -2.39. The number of hydrogen-bond donors (Lipinski definition) is 0. The molecule has 0 bridgehead atoms. The van der Waals surface area contributed by atoms with Crippen LogP contribution in [0.2, 0.25) is 0 Å². The number of benzene rings is 10. The zero-order valence-corrected chi connectivity index (χ0v) is 33.3. The molecule has 0 N–H and O–H groups in total. The van der Waals surface area contributed by atoms with Crippen molar-refractivity contribution in [3.8, 4) is 39.1 Å². The summed E-state index contributed by atoms with van der Waals surface area (Å²) in [6.07, 6.45) is 0. The SMILES string of the molecule is c1ccc(-c2ccc(-c3ccccc3N(c3ccc4c(c3)-c3ccccc3C43c4ccccc4-n4c5ccccc5c5cccc3c54)c3cccc4ccccc34)cc2)cc1. The van der Waals surface area contributed by atoms with Crippen LogP contribution >= 0.6 is 0 Å². The average molecular weight is 775 g/mol. The zero-order chi connectivity index (χ0) is 40.1. The van der Waals surface area contributed by atoms with Gasteiger partial charge >= 0.3 is 0 Å². The van der Waals surface area contributed by atoms with E-state index in [0.29, 0.717) is 0 Å². The number of hydrogen-bond acceptors (Lipinski definition) is 1. The first-order chi connectivity index (χ1) is 30.3. The molecule has 1 atom stereocenters. The van der Waals surface area contributed by atoms with Gasteiger partial charge in [-0.15, -0.1) is 0 Å². The molecular formula is C59H38N2. The molecule has 13 rings (SSSR count). The van der Waals surface area contributed by atoms with E-state index in [9.17, 15) is 0 Å². The first-order valence-electron chi connectivity index (χ1n) is 21.2. The number of nitrogens with zero attached hydrogens (tertiary/aromatic N) is 2. The van der Waals surface area contributed by atoms with Gasteiger partial charge in [0.2, 0.25) is 0 Å². The van der Waals surface area contributed by atoms with Gasteiger partial charge in [-0.3, -0.25) is 0 Å². The molecule has 2 aliphatic rings. The Hall–Kier alpha value is -7.94. The number of rotatable bonds is 5. The van der Waals surface area contributed by atoms with Crippen molar-refractivity contribution < 1.29 is 0 Å². The second kappa shape index (κ2) is 13.0. The molecule has 10 aromatic carbocycles. The van der Waals surface area contributed by atoms with Crippen molar-refractivity contribution >= 4 is 49.6 Å². The average Bonchev–Trinajstić information content (AvgIpc) is 3.83. The van der Waals surface area contributed by atoms with E-state index >= 15 is 0 Å². The van der Waals surface area contributed by atoms with Gasteiger partial charge in [0.1, 0.15) is 0 Å². The molecule has 2 heterocycles. The highest BCUT2D eigenvalue weighted by Crippen LogP contribution is 2.61. The smallest absolute Gasteiger partial charge is 0.0754 e. The van der Waals surface area contributed by atoms with Crippen molar-refractivity contribution in [2.24, 2.45) is 0 Å². The molecule has 2 nitrogen and oxygen atoms in total. The van der Waals surface area contributed by atoms with Gasteiger partial charge in [-0.25, -0.2) is 0 Å². The Morgan fingerprint density at radius 2 is 0.934 bits per heavy atom. The second-order valence-corrected chi connectivity index (χ2v) is 16.4. The lowest BCUT2D eigenvalue weighted by Crippen LogP contribution is -2.33. The molecular weight excluding hydrogens is 737 g/mol. The summed E-state index contributed by atoms with van der Waals surface area (Å²) < 4.78 is 2.52. The summed E-state index contributed by atoms with van der Waals surface area (Å²) in [7, 11) is 0. The van der Waals surface area contributed by atoms with Crippen molar-refractivity contribution in [2.75, 3.05) is 4.90 Å². The molecule has 2 heteroatoms. The molecule has 0 saturated carbocycles. The first-order valence-corrected chi connectivity index (χ1v) is 21.2. The fraction of sp³-hybridized carbons (Fsp3) is 0.0169. The molecule has 1 aromatic heterocycles. The highest BCUT2D eigenvalue weighted by atomic mass is 15.1. The van der Waals surface area contributed by atoms with Crippen LogP contribution in [0.4, 0.5) is 17.1 Å². The minimum atomic E-state index is -0.506. The summed E-state index contributed by atoms with van der Waals surface area (Å²) in [4.78, 5) is 2.49. The molecule has 0 radical (unpaired) electrons. The standard InChI is InChI=1S/C59H38N2/c1-2-16-39(17-3-1)40-32-34-42(35-33-40)45-21-7-11-28-54(45)60(55-31-14-19-41-18-4-5-20-44(41)55)43-36-37-51-49(38-43)46-22-6-9-25-50(46)59(51)52-26-10-13-30-57(52)61-56-29-12-8-23-47(56)48-24-15-27-53(59)58(48)61/h1-38H. The Morgan fingerprint density at radius 3 is 1.82 bits per heavy atom. The van der Waals surface area contributed by atoms with Gasteiger partial charge < -0.3 is 9.47 Å². The van der Waals surface area contributed by atoms with Crippen LogP contribution in [0.15, 0.2) is 231 Å². The van der Waals surface area contributed by atoms with Crippen LogP contribution in [0.1, 0.15) is 22.3 Å². The van der Waals surface area contributed by atoms with Crippen LogP contribution in [0.3, 0.4) is 0 Å². The summed E-state index contributed by atoms with van der Waals surface area (Å²) >= 11 is 0. The molecule has 0 saturated heterocycles. The Kier molecular flexibility index (Phi) is 7.26. The van der Waals surface area contributed by atoms with Gasteiger partial charge in [0, 0.05) is 27.4 Å². The Morgan fingerprint density at radius 1 is 0.344 bits per heavy atom. The van der Waals surface area contributed by atoms with Gasteiger partial charge in [-0.05, 0) is 91.9 Å². The molecule has 284 valence electrons. The molecule has 1 aliphatic carbocycles. The normalized spacial score (nSPS) is 14.6. The molecule has 1 unspecified atom stereocenters. The number of para-hydroxylation sites is 4. The largest absolute Gasteiger partial charge is 0.309 e. The molecule has 0 fully saturated rings. The minimum absolute atomic E-state index is 0.506. The van der Waals surface area contributed by atoms with Crippen LogP contribution in [0.5, 0.6) is 0 Å². The van der Waals surface area contributed by atoms with Crippen molar-refractivity contribution in [3.63, 3.8) is 0 Å². The predicted molar refractivity (Wildman–Crippen MR) is 255 cm³/mol. The third kappa shape index (κ3) is 4.73. The van der Waals surface area contributed by atoms with E-state index < -0.39 is 5.41 Å². The van der Waals surface area contributed by atoms with Gasteiger partial charge in [0.05, 0.1) is 33.5 Å². The number of fused-ring (bicyclic) bond motifs is 13. The highest BCUT2D eigenvalue weighted by Gasteiger charge is 2.50. The fourth-order valence-corrected chi connectivity index (χ4v) is 10.9. The minimum Gasteiger partial charge on any atom is -0.309 e. The lowest BCUT2D eigenvalue weighted by atomic mass is 9.65. The van der Waals surface area contributed by atoms with E-state index in [1.165, 1.54) is 93.9 Å². The van der Waals surface area contributed by atoms with Gasteiger partial charge in [0.15, 0.2) is 0 Å². The van der Waals surface area contributed by atoms with Crippen molar-refractivity contribution in [1.29, 1.82) is 0 Å². The van der Waals surface area contributed by atoms with Crippen molar-refractivity contribution in [3.05, 3.63) is 253 Å². The van der Waals surface area contributed by atoms with Crippen molar-refractivity contribution in [1.82, 2.24) is 4.57 Å². The first kappa shape index (κ1) is 34.0.